The lowest BCUT2D eigenvalue weighted by molar-refractivity contribution is -0.116. The highest BCUT2D eigenvalue weighted by Crippen LogP contribution is 2.41. The molecular weight excluding hydrogens is 329 g/mol. The van der Waals surface area contributed by atoms with Gasteiger partial charge in [0.2, 0.25) is 5.91 Å². The zero-order valence-corrected chi connectivity index (χ0v) is 13.3. The molecule has 0 aliphatic carbocycles. The number of fused-ring (bicyclic) bond motifs is 1. The molecule has 1 N–H and O–H groups in total. The normalized spacial score (nSPS) is 16.6. The molecule has 24 heavy (non-hydrogen) atoms. The number of amides is 1. The Kier molecular flexibility index (Phi) is 3.58. The van der Waals surface area contributed by atoms with Gasteiger partial charge in [0.25, 0.3) is 0 Å². The lowest BCUT2D eigenvalue weighted by atomic mass is 9.87. The van der Waals surface area contributed by atoms with Gasteiger partial charge in [-0.25, -0.2) is 9.07 Å². The van der Waals surface area contributed by atoms with Gasteiger partial charge < -0.3 is 5.32 Å². The van der Waals surface area contributed by atoms with E-state index in [1.54, 1.807) is 23.0 Å². The van der Waals surface area contributed by atoms with E-state index < -0.39 is 11.7 Å². The summed E-state index contributed by atoms with van der Waals surface area (Å²) in [5.74, 6) is -0.508. The molecule has 3 aromatic rings. The number of hydrogen-bond acceptors (Lipinski definition) is 2. The number of carbonyl (C=O) groups excluding carboxylic acids is 1. The van der Waals surface area contributed by atoms with E-state index in [2.05, 4.69) is 10.4 Å². The number of halogens is 2. The van der Waals surface area contributed by atoms with Crippen LogP contribution in [0, 0.1) is 5.82 Å². The number of carbonyl (C=O) groups is 1. The average molecular weight is 342 g/mol. The molecule has 2 heterocycles. The van der Waals surface area contributed by atoms with Gasteiger partial charge in [0.15, 0.2) is 0 Å². The molecule has 0 spiro atoms. The number of para-hydroxylation sites is 1. The maximum atomic E-state index is 14.3. The van der Waals surface area contributed by atoms with Crippen LogP contribution in [0.25, 0.3) is 5.69 Å². The smallest absolute Gasteiger partial charge is 0.226 e. The van der Waals surface area contributed by atoms with Gasteiger partial charge in [0.1, 0.15) is 11.6 Å². The van der Waals surface area contributed by atoms with Crippen LogP contribution in [0.1, 0.15) is 23.5 Å². The zero-order chi connectivity index (χ0) is 16.7. The van der Waals surface area contributed by atoms with Crippen LogP contribution in [0.5, 0.6) is 0 Å². The summed E-state index contributed by atoms with van der Waals surface area (Å²) < 4.78 is 16.0. The third kappa shape index (κ3) is 2.37. The number of nitrogens with one attached hydrogen (secondary N) is 1. The van der Waals surface area contributed by atoms with Crippen molar-refractivity contribution in [3.8, 4) is 5.69 Å². The van der Waals surface area contributed by atoms with Gasteiger partial charge in [-0.1, -0.05) is 35.9 Å². The topological polar surface area (TPSA) is 46.9 Å². The highest BCUT2D eigenvalue weighted by molar-refractivity contribution is 6.31. The molecule has 0 unspecified atom stereocenters. The maximum Gasteiger partial charge on any atom is 0.226 e. The monoisotopic (exact) mass is 341 g/mol. The van der Waals surface area contributed by atoms with Crippen molar-refractivity contribution in [2.75, 3.05) is 5.32 Å². The third-order valence-corrected chi connectivity index (χ3v) is 4.50. The molecule has 4 nitrogen and oxygen atoms in total. The number of anilines is 1. The molecule has 0 saturated heterocycles. The number of nitrogens with zero attached hydrogens (tertiary/aromatic N) is 2. The predicted octanol–water partition coefficient (Wildman–Crippen LogP) is 4.14. The molecule has 1 aliphatic rings. The van der Waals surface area contributed by atoms with E-state index >= 15 is 0 Å². The van der Waals surface area contributed by atoms with E-state index in [-0.39, 0.29) is 12.3 Å². The molecule has 1 aromatic heterocycles. The first-order valence-corrected chi connectivity index (χ1v) is 7.90. The summed E-state index contributed by atoms with van der Waals surface area (Å²) in [6, 6.07) is 14.0. The second kappa shape index (κ2) is 5.76. The number of aromatic nitrogens is 2. The van der Waals surface area contributed by atoms with Crippen LogP contribution >= 0.6 is 11.6 Å². The Hall–Kier alpha value is -2.66. The minimum atomic E-state index is -0.458. The van der Waals surface area contributed by atoms with Gasteiger partial charge in [-0.15, -0.1) is 0 Å². The SMILES string of the molecule is O=C1C[C@H](c2c(F)cccc2Cl)c2cnn(-c3ccccc3)c2N1. The van der Waals surface area contributed by atoms with E-state index in [0.717, 1.165) is 11.3 Å². The molecule has 6 heteroatoms. The summed E-state index contributed by atoms with van der Waals surface area (Å²) in [5, 5.41) is 7.53. The molecule has 0 bridgehead atoms. The zero-order valence-electron chi connectivity index (χ0n) is 12.5. The highest BCUT2D eigenvalue weighted by Gasteiger charge is 2.33. The van der Waals surface area contributed by atoms with Gasteiger partial charge in [0, 0.05) is 28.5 Å². The van der Waals surface area contributed by atoms with Crippen molar-refractivity contribution >= 4 is 23.3 Å². The lowest BCUT2D eigenvalue weighted by Crippen LogP contribution is -2.25. The Morgan fingerprint density at radius 1 is 1.17 bits per heavy atom. The van der Waals surface area contributed by atoms with Crippen LogP contribution in [-0.4, -0.2) is 15.7 Å². The van der Waals surface area contributed by atoms with Gasteiger partial charge >= 0.3 is 0 Å². The Bertz CT molecular complexity index is 903. The fraction of sp³-hybridized carbons (Fsp3) is 0.111. The van der Waals surface area contributed by atoms with Crippen LogP contribution in [-0.2, 0) is 4.79 Å². The maximum absolute atomic E-state index is 14.3. The van der Waals surface area contributed by atoms with Crippen LogP contribution in [0.3, 0.4) is 0 Å². The van der Waals surface area contributed by atoms with Gasteiger partial charge in [-0.2, -0.15) is 5.10 Å². The molecule has 120 valence electrons. The second-order valence-electron chi connectivity index (χ2n) is 5.64. The molecule has 2 aromatic carbocycles. The number of benzene rings is 2. The summed E-state index contributed by atoms with van der Waals surface area (Å²) >= 11 is 6.20. The standard InChI is InChI=1S/C18H13ClFN3O/c19-14-7-4-8-15(20)17(14)12-9-16(24)22-18-13(12)10-21-23(18)11-5-2-1-3-6-11/h1-8,10,12H,9H2,(H,22,24)/t12-/m0/s1. The molecule has 0 radical (unpaired) electrons. The van der Waals surface area contributed by atoms with Crippen molar-refractivity contribution in [2.24, 2.45) is 0 Å². The first kappa shape index (κ1) is 14.9. The highest BCUT2D eigenvalue weighted by atomic mass is 35.5. The lowest BCUT2D eigenvalue weighted by Gasteiger charge is -2.24. The van der Waals surface area contributed by atoms with Gasteiger partial charge in [-0.3, -0.25) is 4.79 Å². The third-order valence-electron chi connectivity index (χ3n) is 4.17. The van der Waals surface area contributed by atoms with E-state index in [1.807, 2.05) is 30.3 Å². The Morgan fingerprint density at radius 3 is 2.71 bits per heavy atom. The number of hydrogen-bond donors (Lipinski definition) is 1. The van der Waals surface area contributed by atoms with E-state index in [1.165, 1.54) is 6.07 Å². The van der Waals surface area contributed by atoms with Crippen molar-refractivity contribution in [1.29, 1.82) is 0 Å². The summed E-state index contributed by atoms with van der Waals surface area (Å²) in [7, 11) is 0. The van der Waals surface area contributed by atoms with Gasteiger partial charge in [0.05, 0.1) is 11.9 Å². The first-order chi connectivity index (χ1) is 11.6. The van der Waals surface area contributed by atoms with Crippen LogP contribution in [0.2, 0.25) is 5.02 Å². The Balaban J connectivity index is 1.88. The molecule has 0 saturated carbocycles. The van der Waals surface area contributed by atoms with Crippen LogP contribution < -0.4 is 5.32 Å². The van der Waals surface area contributed by atoms with E-state index in [4.69, 9.17) is 11.6 Å². The first-order valence-electron chi connectivity index (χ1n) is 7.52. The molecule has 1 amide bonds. The predicted molar refractivity (Wildman–Crippen MR) is 90.1 cm³/mol. The molecule has 0 fully saturated rings. The summed E-state index contributed by atoms with van der Waals surface area (Å²) in [4.78, 5) is 12.2. The number of rotatable bonds is 2. The summed E-state index contributed by atoms with van der Waals surface area (Å²) in [6.45, 7) is 0. The molecule has 1 atom stereocenters. The van der Waals surface area contributed by atoms with Crippen LogP contribution in [0.4, 0.5) is 10.2 Å². The van der Waals surface area contributed by atoms with Crippen molar-refractivity contribution in [2.45, 2.75) is 12.3 Å². The quantitative estimate of drug-likeness (QED) is 0.761. The Labute approximate surface area is 142 Å². The molecule has 4 rings (SSSR count). The fourth-order valence-electron chi connectivity index (χ4n) is 3.09. The minimum Gasteiger partial charge on any atom is -0.310 e. The van der Waals surface area contributed by atoms with Crippen LogP contribution in [0.15, 0.2) is 54.7 Å². The molecular formula is C18H13ClFN3O. The summed E-state index contributed by atoms with van der Waals surface area (Å²) in [6.07, 6.45) is 1.79. The van der Waals surface area contributed by atoms with Crippen molar-refractivity contribution in [1.82, 2.24) is 9.78 Å². The van der Waals surface area contributed by atoms with E-state index in [0.29, 0.717) is 16.4 Å². The Morgan fingerprint density at radius 2 is 1.96 bits per heavy atom. The van der Waals surface area contributed by atoms with E-state index in [9.17, 15) is 9.18 Å². The minimum absolute atomic E-state index is 0.133. The summed E-state index contributed by atoms with van der Waals surface area (Å²) in [5.41, 5.74) is 1.91. The van der Waals surface area contributed by atoms with Crippen molar-refractivity contribution < 1.29 is 9.18 Å². The fourth-order valence-corrected chi connectivity index (χ4v) is 3.38. The average Bonchev–Trinajstić information content (AvgIpc) is 2.99. The van der Waals surface area contributed by atoms with Crippen molar-refractivity contribution in [3.63, 3.8) is 0 Å². The molecule has 1 aliphatic heterocycles. The van der Waals surface area contributed by atoms with Crippen molar-refractivity contribution in [3.05, 3.63) is 76.7 Å². The largest absolute Gasteiger partial charge is 0.310 e. The second-order valence-corrected chi connectivity index (χ2v) is 6.04. The van der Waals surface area contributed by atoms with Gasteiger partial charge in [-0.05, 0) is 24.3 Å².